The van der Waals surface area contributed by atoms with Gasteiger partial charge in [-0.1, -0.05) is 50.0 Å². The van der Waals surface area contributed by atoms with Crippen molar-refractivity contribution in [3.05, 3.63) is 78.8 Å². The van der Waals surface area contributed by atoms with Crippen LogP contribution in [0.5, 0.6) is 0 Å². The number of rotatable bonds is 6. The van der Waals surface area contributed by atoms with Crippen molar-refractivity contribution in [2.75, 3.05) is 10.6 Å². The van der Waals surface area contributed by atoms with Gasteiger partial charge in [0.2, 0.25) is 0 Å². The Hall–Kier alpha value is -2.90. The number of aromatic nitrogens is 1. The summed E-state index contributed by atoms with van der Waals surface area (Å²) in [5, 5.41) is 9.49. The van der Waals surface area contributed by atoms with Crippen LogP contribution in [-0.4, -0.2) is 17.1 Å². The van der Waals surface area contributed by atoms with Gasteiger partial charge in [0, 0.05) is 16.0 Å². The lowest BCUT2D eigenvalue weighted by Crippen LogP contribution is -2.51. The lowest BCUT2D eigenvalue weighted by molar-refractivity contribution is 0.0913. The molecule has 0 bridgehead atoms. The Morgan fingerprint density at radius 2 is 1.73 bits per heavy atom. The van der Waals surface area contributed by atoms with Crippen LogP contribution in [0.2, 0.25) is 10.2 Å². The molecule has 0 aliphatic carbocycles. The van der Waals surface area contributed by atoms with Gasteiger partial charge in [-0.25, -0.2) is 4.98 Å². The number of nitrogens with one attached hydrogen (secondary N) is 3. The van der Waals surface area contributed by atoms with Crippen molar-refractivity contribution >= 4 is 46.2 Å². The summed E-state index contributed by atoms with van der Waals surface area (Å²) in [4.78, 5) is 40.9. The number of anilines is 3. The largest absolute Gasteiger partial charge is 0.360 e. The minimum Gasteiger partial charge on any atom is -0.360 e. The molecule has 156 valence electrons. The third-order valence-electron chi connectivity index (χ3n) is 4.42. The number of carbonyl (C=O) groups excluding carboxylic acids is 1. The van der Waals surface area contributed by atoms with Gasteiger partial charge in [-0.3, -0.25) is 14.4 Å². The molecule has 0 fully saturated rings. The van der Waals surface area contributed by atoms with Gasteiger partial charge in [0.15, 0.2) is 0 Å². The quantitative estimate of drug-likeness (QED) is 0.301. The van der Waals surface area contributed by atoms with Crippen LogP contribution in [0.4, 0.5) is 17.1 Å². The smallest absolute Gasteiger partial charge is 0.253 e. The molecule has 3 aromatic rings. The van der Waals surface area contributed by atoms with Crippen LogP contribution >= 0.6 is 23.2 Å². The van der Waals surface area contributed by atoms with E-state index >= 15 is 0 Å². The Labute approximate surface area is 183 Å². The van der Waals surface area contributed by atoms with Crippen LogP contribution in [0.15, 0.2) is 52.2 Å². The van der Waals surface area contributed by atoms with E-state index in [1.54, 1.807) is 36.4 Å². The van der Waals surface area contributed by atoms with Gasteiger partial charge >= 0.3 is 0 Å². The number of halogens is 2. The molecular formula is C21H20Cl2N4O3. The molecule has 1 amide bonds. The van der Waals surface area contributed by atoms with Gasteiger partial charge in [-0.2, -0.15) is 0 Å². The van der Waals surface area contributed by atoms with Crippen molar-refractivity contribution in [2.24, 2.45) is 5.41 Å². The second kappa shape index (κ2) is 8.45. The molecule has 1 unspecified atom stereocenters. The number of pyridine rings is 1. The summed E-state index contributed by atoms with van der Waals surface area (Å²) in [6.45, 7) is 5.68. The molecule has 0 saturated heterocycles. The van der Waals surface area contributed by atoms with Crippen molar-refractivity contribution in [1.82, 2.24) is 10.3 Å². The lowest BCUT2D eigenvalue weighted by atomic mass is 9.91. The molecule has 0 radical (unpaired) electrons. The molecule has 1 atom stereocenters. The fourth-order valence-corrected chi connectivity index (χ4v) is 3.00. The molecule has 30 heavy (non-hydrogen) atoms. The van der Waals surface area contributed by atoms with E-state index < -0.39 is 22.4 Å². The monoisotopic (exact) mass is 446 g/mol. The molecule has 9 heteroatoms. The molecule has 3 N–H and O–H groups in total. The first kappa shape index (κ1) is 21.8. The van der Waals surface area contributed by atoms with Crippen LogP contribution in [0.1, 0.15) is 31.1 Å². The molecule has 0 aliphatic heterocycles. The second-order valence-electron chi connectivity index (χ2n) is 7.83. The van der Waals surface area contributed by atoms with Gasteiger partial charge in [0.25, 0.3) is 16.8 Å². The molecular weight excluding hydrogens is 427 g/mol. The van der Waals surface area contributed by atoms with Gasteiger partial charge in [0.1, 0.15) is 22.7 Å². The molecule has 0 spiro atoms. The summed E-state index contributed by atoms with van der Waals surface area (Å²) in [6.07, 6.45) is 0.807. The van der Waals surface area contributed by atoms with E-state index in [1.165, 1.54) is 6.20 Å². The van der Waals surface area contributed by atoms with E-state index in [2.05, 4.69) is 20.9 Å². The third-order valence-corrected chi connectivity index (χ3v) is 4.88. The first-order chi connectivity index (χ1) is 14.1. The fourth-order valence-electron chi connectivity index (χ4n) is 2.70. The van der Waals surface area contributed by atoms with E-state index in [0.717, 1.165) is 0 Å². The van der Waals surface area contributed by atoms with Gasteiger partial charge in [-0.05, 0) is 30.3 Å². The predicted octanol–water partition coefficient (Wildman–Crippen LogP) is 3.94. The Kier molecular flexibility index (Phi) is 6.14. The standard InChI is InChI=1S/C21H20Cl2N4O3/c1-21(2,3)20(27-19(30)11-5-4-6-12(22)9-11)26-16-15(17(28)18(16)29)25-13-7-8-14(23)24-10-13/h4-10,20,25-26H,1-3H3,(H,27,30). The van der Waals surface area contributed by atoms with Crippen molar-refractivity contribution in [3.63, 3.8) is 0 Å². The first-order valence-electron chi connectivity index (χ1n) is 9.11. The number of hydrogen-bond acceptors (Lipinski definition) is 6. The minimum absolute atomic E-state index is 0.0984. The van der Waals surface area contributed by atoms with Gasteiger partial charge in [0.05, 0.1) is 11.9 Å². The SMILES string of the molecule is CC(C)(C)C(NC(=O)c1cccc(Cl)c1)Nc1c(Nc2ccc(Cl)nc2)c(=O)c1=O. The van der Waals surface area contributed by atoms with E-state index in [4.69, 9.17) is 23.2 Å². The average Bonchev–Trinajstić information content (AvgIpc) is 2.69. The van der Waals surface area contributed by atoms with Crippen LogP contribution in [0.25, 0.3) is 0 Å². The maximum absolute atomic E-state index is 12.7. The van der Waals surface area contributed by atoms with Crippen LogP contribution in [0, 0.1) is 5.41 Å². The number of hydrogen-bond donors (Lipinski definition) is 3. The Morgan fingerprint density at radius 3 is 2.33 bits per heavy atom. The first-order valence-corrected chi connectivity index (χ1v) is 9.86. The topological polar surface area (TPSA) is 100 Å². The van der Waals surface area contributed by atoms with Gasteiger partial charge < -0.3 is 16.0 Å². The lowest BCUT2D eigenvalue weighted by Gasteiger charge is -2.33. The van der Waals surface area contributed by atoms with E-state index in [-0.39, 0.29) is 17.3 Å². The zero-order valence-electron chi connectivity index (χ0n) is 16.5. The van der Waals surface area contributed by atoms with Crippen molar-refractivity contribution in [2.45, 2.75) is 26.9 Å². The summed E-state index contributed by atoms with van der Waals surface area (Å²) >= 11 is 11.7. The minimum atomic E-state index is -0.661. The Balaban J connectivity index is 1.83. The van der Waals surface area contributed by atoms with Crippen molar-refractivity contribution in [1.29, 1.82) is 0 Å². The van der Waals surface area contributed by atoms with Crippen LogP contribution in [-0.2, 0) is 0 Å². The second-order valence-corrected chi connectivity index (χ2v) is 8.65. The Bertz CT molecular complexity index is 1150. The summed E-state index contributed by atoms with van der Waals surface area (Å²) in [5.74, 6) is -0.361. The van der Waals surface area contributed by atoms with E-state index in [1.807, 2.05) is 20.8 Å². The molecule has 3 rings (SSSR count). The average molecular weight is 447 g/mol. The van der Waals surface area contributed by atoms with Crippen LogP contribution in [0.3, 0.4) is 0 Å². The fraction of sp³-hybridized carbons (Fsp3) is 0.238. The third kappa shape index (κ3) is 4.80. The summed E-state index contributed by atoms with van der Waals surface area (Å²) in [7, 11) is 0. The highest BCUT2D eigenvalue weighted by atomic mass is 35.5. The van der Waals surface area contributed by atoms with E-state index in [9.17, 15) is 14.4 Å². The number of benzene rings is 1. The molecule has 0 saturated carbocycles. The van der Waals surface area contributed by atoms with Gasteiger partial charge in [-0.15, -0.1) is 0 Å². The zero-order valence-corrected chi connectivity index (χ0v) is 18.1. The zero-order chi connectivity index (χ0) is 22.1. The summed E-state index contributed by atoms with van der Waals surface area (Å²) in [6, 6.07) is 9.73. The number of amides is 1. The summed E-state index contributed by atoms with van der Waals surface area (Å²) in [5.41, 5.74) is -0.699. The molecule has 0 aliphatic rings. The summed E-state index contributed by atoms with van der Waals surface area (Å²) < 4.78 is 0. The number of nitrogens with zero attached hydrogens (tertiary/aromatic N) is 1. The molecule has 1 aromatic heterocycles. The van der Waals surface area contributed by atoms with Crippen molar-refractivity contribution in [3.8, 4) is 0 Å². The normalized spacial score (nSPS) is 12.4. The van der Waals surface area contributed by atoms with Crippen molar-refractivity contribution < 1.29 is 4.79 Å². The van der Waals surface area contributed by atoms with Crippen LogP contribution < -0.4 is 26.8 Å². The highest BCUT2D eigenvalue weighted by molar-refractivity contribution is 6.31. The molecule has 1 heterocycles. The highest BCUT2D eigenvalue weighted by Gasteiger charge is 2.31. The maximum Gasteiger partial charge on any atom is 0.253 e. The molecule has 2 aromatic carbocycles. The maximum atomic E-state index is 12.7. The Morgan fingerprint density at radius 1 is 1.03 bits per heavy atom. The number of carbonyl (C=O) groups is 1. The highest BCUT2D eigenvalue weighted by Crippen LogP contribution is 2.26. The predicted molar refractivity (Wildman–Crippen MR) is 120 cm³/mol. The molecule has 7 nitrogen and oxygen atoms in total. The van der Waals surface area contributed by atoms with E-state index in [0.29, 0.717) is 21.4 Å².